The molecule has 1 aliphatic rings. The van der Waals surface area contributed by atoms with Crippen LogP contribution in [0.1, 0.15) is 28.4 Å². The smallest absolute Gasteiger partial charge is 0.253 e. The highest BCUT2D eigenvalue weighted by molar-refractivity contribution is 5.96. The number of likely N-dealkylation sites (tertiary alicyclic amines) is 1. The molecule has 1 saturated heterocycles. The maximum absolute atomic E-state index is 12.5. The maximum atomic E-state index is 12.5. The topological polar surface area (TPSA) is 50.3 Å². The molecule has 1 aromatic heterocycles. The summed E-state index contributed by atoms with van der Waals surface area (Å²) in [5, 5.41) is 0. The number of benzene rings is 1. The number of carbonyl (C=O) groups excluding carboxylic acids is 2. The second kappa shape index (κ2) is 5.87. The molecule has 4 nitrogen and oxygen atoms in total. The predicted molar refractivity (Wildman–Crippen MR) is 78.9 cm³/mol. The number of carbonyl (C=O) groups is 2. The fourth-order valence-electron chi connectivity index (χ4n) is 2.62. The minimum atomic E-state index is -0.312. The Bertz CT molecular complexity index is 640. The first kappa shape index (κ1) is 13.5. The van der Waals surface area contributed by atoms with Crippen LogP contribution in [0, 0.1) is 0 Å². The average molecular weight is 280 g/mol. The molecule has 1 unspecified atom stereocenters. The van der Waals surface area contributed by atoms with Crippen molar-refractivity contribution in [2.24, 2.45) is 0 Å². The third-order valence-corrected chi connectivity index (χ3v) is 3.77. The van der Waals surface area contributed by atoms with Crippen LogP contribution in [0.25, 0.3) is 0 Å². The molecule has 0 radical (unpaired) electrons. The second-order valence-electron chi connectivity index (χ2n) is 5.14. The van der Waals surface area contributed by atoms with E-state index in [0.717, 1.165) is 5.69 Å². The summed E-state index contributed by atoms with van der Waals surface area (Å²) in [5.41, 5.74) is 1.40. The van der Waals surface area contributed by atoms with Gasteiger partial charge >= 0.3 is 0 Å². The number of hydrogen-bond acceptors (Lipinski definition) is 3. The average Bonchev–Trinajstić information content (AvgIpc) is 2.56. The normalized spacial score (nSPS) is 18.6. The molecule has 1 atom stereocenters. The molecule has 0 spiro atoms. The summed E-state index contributed by atoms with van der Waals surface area (Å²) < 4.78 is 0. The van der Waals surface area contributed by atoms with Crippen LogP contribution in [0.15, 0.2) is 54.7 Å². The van der Waals surface area contributed by atoms with Gasteiger partial charge in [-0.15, -0.1) is 0 Å². The van der Waals surface area contributed by atoms with Crippen LogP contribution in [0.2, 0.25) is 0 Å². The molecule has 1 aromatic carbocycles. The van der Waals surface area contributed by atoms with Crippen LogP contribution in [-0.2, 0) is 4.79 Å². The number of rotatable bonds is 2. The van der Waals surface area contributed by atoms with E-state index >= 15 is 0 Å². The number of Topliss-reactive ketones (excluding diaryl/α,β-unsaturated/α-hetero) is 1. The maximum Gasteiger partial charge on any atom is 0.253 e. The quantitative estimate of drug-likeness (QED) is 0.848. The van der Waals surface area contributed by atoms with Crippen LogP contribution >= 0.6 is 0 Å². The van der Waals surface area contributed by atoms with Crippen LogP contribution in [0.5, 0.6) is 0 Å². The third-order valence-electron chi connectivity index (χ3n) is 3.77. The van der Waals surface area contributed by atoms with E-state index in [-0.39, 0.29) is 17.6 Å². The van der Waals surface area contributed by atoms with Crippen molar-refractivity contribution in [3.05, 3.63) is 66.0 Å². The molecule has 2 aromatic rings. The predicted octanol–water partition coefficient (Wildman–Crippen LogP) is 2.28. The van der Waals surface area contributed by atoms with Crippen LogP contribution < -0.4 is 0 Å². The van der Waals surface area contributed by atoms with E-state index in [2.05, 4.69) is 4.98 Å². The number of pyridine rings is 1. The Morgan fingerprint density at radius 1 is 1.10 bits per heavy atom. The number of aromatic nitrogens is 1. The zero-order valence-corrected chi connectivity index (χ0v) is 11.6. The fraction of sp³-hybridized carbons (Fsp3) is 0.235. The summed E-state index contributed by atoms with van der Waals surface area (Å²) in [6, 6.07) is 14.7. The van der Waals surface area contributed by atoms with Crippen molar-refractivity contribution in [3.8, 4) is 0 Å². The van der Waals surface area contributed by atoms with E-state index in [1.165, 1.54) is 0 Å². The van der Waals surface area contributed by atoms with Gasteiger partial charge in [0.25, 0.3) is 5.91 Å². The molecule has 21 heavy (non-hydrogen) atoms. The van der Waals surface area contributed by atoms with Crippen LogP contribution in [0.4, 0.5) is 0 Å². The van der Waals surface area contributed by atoms with E-state index in [9.17, 15) is 9.59 Å². The number of amides is 1. The van der Waals surface area contributed by atoms with Gasteiger partial charge in [0.2, 0.25) is 0 Å². The van der Waals surface area contributed by atoms with Crippen molar-refractivity contribution < 1.29 is 9.59 Å². The van der Waals surface area contributed by atoms with Gasteiger partial charge < -0.3 is 4.90 Å². The van der Waals surface area contributed by atoms with Crippen molar-refractivity contribution in [1.82, 2.24) is 9.88 Å². The van der Waals surface area contributed by atoms with Crippen molar-refractivity contribution >= 4 is 11.7 Å². The lowest BCUT2D eigenvalue weighted by atomic mass is 9.92. The van der Waals surface area contributed by atoms with Crippen LogP contribution in [-0.4, -0.2) is 34.7 Å². The zero-order valence-electron chi connectivity index (χ0n) is 11.6. The van der Waals surface area contributed by atoms with Gasteiger partial charge in [0.1, 0.15) is 5.78 Å². The molecule has 0 saturated carbocycles. The van der Waals surface area contributed by atoms with Gasteiger partial charge in [-0.05, 0) is 24.3 Å². The first-order valence-corrected chi connectivity index (χ1v) is 7.03. The molecular weight excluding hydrogens is 264 g/mol. The Morgan fingerprint density at radius 2 is 1.86 bits per heavy atom. The summed E-state index contributed by atoms with van der Waals surface area (Å²) in [6.07, 6.45) is 2.07. The molecule has 0 bridgehead atoms. The largest absolute Gasteiger partial charge is 0.337 e. The number of ketones is 1. The molecule has 1 fully saturated rings. The second-order valence-corrected chi connectivity index (χ2v) is 5.14. The van der Waals surface area contributed by atoms with Gasteiger partial charge in [0.15, 0.2) is 0 Å². The summed E-state index contributed by atoms with van der Waals surface area (Å²) in [7, 11) is 0. The highest BCUT2D eigenvalue weighted by Crippen LogP contribution is 2.23. The highest BCUT2D eigenvalue weighted by Gasteiger charge is 2.31. The first-order valence-electron chi connectivity index (χ1n) is 7.03. The Hall–Kier alpha value is -2.49. The van der Waals surface area contributed by atoms with Gasteiger partial charge in [0, 0.05) is 31.3 Å². The molecule has 3 rings (SSSR count). The SMILES string of the molecule is O=C1CCN(C(=O)c2ccccc2)CC1c1ccccn1. The van der Waals surface area contributed by atoms with Gasteiger partial charge in [-0.3, -0.25) is 14.6 Å². The van der Waals surface area contributed by atoms with Crippen molar-refractivity contribution in [3.63, 3.8) is 0 Å². The van der Waals surface area contributed by atoms with Gasteiger partial charge in [-0.25, -0.2) is 0 Å². The van der Waals surface area contributed by atoms with E-state index in [4.69, 9.17) is 0 Å². The summed E-state index contributed by atoms with van der Waals surface area (Å²) in [6.45, 7) is 0.888. The van der Waals surface area contributed by atoms with E-state index in [1.807, 2.05) is 36.4 Å². The molecular formula is C17H16N2O2. The Morgan fingerprint density at radius 3 is 2.57 bits per heavy atom. The minimum Gasteiger partial charge on any atom is -0.337 e. The highest BCUT2D eigenvalue weighted by atomic mass is 16.2. The monoisotopic (exact) mass is 280 g/mol. The van der Waals surface area contributed by atoms with Crippen molar-refractivity contribution in [2.75, 3.05) is 13.1 Å². The molecule has 0 N–H and O–H groups in total. The molecule has 1 amide bonds. The lowest BCUT2D eigenvalue weighted by Crippen LogP contribution is -2.43. The number of piperidine rings is 1. The lowest BCUT2D eigenvalue weighted by molar-refractivity contribution is -0.122. The number of hydrogen-bond donors (Lipinski definition) is 0. The molecule has 0 aliphatic carbocycles. The zero-order chi connectivity index (χ0) is 14.7. The van der Waals surface area contributed by atoms with E-state index in [0.29, 0.717) is 25.1 Å². The molecule has 2 heterocycles. The van der Waals surface area contributed by atoms with E-state index in [1.54, 1.807) is 23.2 Å². The lowest BCUT2D eigenvalue weighted by Gasteiger charge is -2.31. The summed E-state index contributed by atoms with van der Waals surface area (Å²) in [5.74, 6) is -0.178. The Labute approximate surface area is 123 Å². The minimum absolute atomic E-state index is 0.0240. The van der Waals surface area contributed by atoms with Crippen molar-refractivity contribution in [1.29, 1.82) is 0 Å². The molecule has 106 valence electrons. The third kappa shape index (κ3) is 2.84. The van der Waals surface area contributed by atoms with Gasteiger partial charge in [-0.1, -0.05) is 24.3 Å². The van der Waals surface area contributed by atoms with Gasteiger partial charge in [-0.2, -0.15) is 0 Å². The Kier molecular flexibility index (Phi) is 3.77. The van der Waals surface area contributed by atoms with Crippen molar-refractivity contribution in [2.45, 2.75) is 12.3 Å². The summed E-state index contributed by atoms with van der Waals surface area (Å²) >= 11 is 0. The van der Waals surface area contributed by atoms with E-state index < -0.39 is 0 Å². The van der Waals surface area contributed by atoms with Gasteiger partial charge in [0.05, 0.1) is 11.6 Å². The number of nitrogens with zero attached hydrogens (tertiary/aromatic N) is 2. The van der Waals surface area contributed by atoms with Crippen LogP contribution in [0.3, 0.4) is 0 Å². The molecule has 4 heteroatoms. The summed E-state index contributed by atoms with van der Waals surface area (Å²) in [4.78, 5) is 30.6. The Balaban J connectivity index is 1.80. The first-order chi connectivity index (χ1) is 10.3. The standard InChI is InChI=1S/C17H16N2O2/c20-16-9-11-19(17(21)13-6-2-1-3-7-13)12-14(16)15-8-4-5-10-18-15/h1-8,10,14H,9,11-12H2. The fourth-order valence-corrected chi connectivity index (χ4v) is 2.62. The molecule has 1 aliphatic heterocycles.